The summed E-state index contributed by atoms with van der Waals surface area (Å²) >= 11 is 0. The van der Waals surface area contributed by atoms with Crippen LogP contribution in [-0.2, 0) is 16.1 Å². The molecule has 1 rings (SSSR count). The summed E-state index contributed by atoms with van der Waals surface area (Å²) in [6.07, 6.45) is 0. The molecule has 0 aliphatic rings. The predicted molar refractivity (Wildman–Crippen MR) is 88.0 cm³/mol. The number of hydrogen-bond acceptors (Lipinski definition) is 5. The Morgan fingerprint density at radius 1 is 1.23 bits per heavy atom. The number of amides is 1. The second-order valence-corrected chi connectivity index (χ2v) is 4.36. The largest absolute Gasteiger partial charge is 0.493 e. The lowest BCUT2D eigenvalue weighted by atomic mass is 10.2. The van der Waals surface area contributed by atoms with Crippen LogP contribution in [0.15, 0.2) is 18.2 Å². The first kappa shape index (κ1) is 20.5. The van der Waals surface area contributed by atoms with Crippen molar-refractivity contribution in [3.63, 3.8) is 0 Å². The number of carbonyl (C=O) groups is 1. The molecule has 0 heterocycles. The quantitative estimate of drug-likeness (QED) is 0.633. The lowest BCUT2D eigenvalue weighted by Gasteiger charge is -2.12. The zero-order chi connectivity index (χ0) is 15.5. The molecule has 7 heteroatoms. The van der Waals surface area contributed by atoms with Crippen LogP contribution in [0.2, 0.25) is 0 Å². The van der Waals surface area contributed by atoms with E-state index >= 15 is 0 Å². The van der Waals surface area contributed by atoms with Crippen molar-refractivity contribution < 1.29 is 19.0 Å². The molecule has 0 aliphatic heterocycles. The first-order chi connectivity index (χ1) is 10.2. The van der Waals surface area contributed by atoms with Crippen LogP contribution in [0.25, 0.3) is 0 Å². The van der Waals surface area contributed by atoms with Gasteiger partial charge in [-0.05, 0) is 24.6 Å². The van der Waals surface area contributed by atoms with E-state index in [9.17, 15) is 4.79 Å². The molecule has 2 N–H and O–H groups in total. The third kappa shape index (κ3) is 7.49. The van der Waals surface area contributed by atoms with E-state index in [1.54, 1.807) is 14.2 Å². The van der Waals surface area contributed by atoms with E-state index in [0.29, 0.717) is 37.8 Å². The maximum absolute atomic E-state index is 11.6. The molecular formula is C15H25ClN2O4. The molecule has 0 aliphatic carbocycles. The summed E-state index contributed by atoms with van der Waals surface area (Å²) < 4.78 is 15.6. The van der Waals surface area contributed by atoms with E-state index in [1.807, 2.05) is 25.1 Å². The Bertz CT molecular complexity index is 444. The van der Waals surface area contributed by atoms with Crippen molar-refractivity contribution in [2.24, 2.45) is 0 Å². The van der Waals surface area contributed by atoms with Crippen LogP contribution < -0.4 is 20.1 Å². The molecule has 0 unspecified atom stereocenters. The molecule has 22 heavy (non-hydrogen) atoms. The average molecular weight is 333 g/mol. The summed E-state index contributed by atoms with van der Waals surface area (Å²) in [6.45, 7) is 4.45. The minimum atomic E-state index is -0.0557. The van der Waals surface area contributed by atoms with E-state index in [2.05, 4.69) is 10.6 Å². The Hall–Kier alpha value is -1.50. The number of methoxy groups -OCH3 is 2. The van der Waals surface area contributed by atoms with Gasteiger partial charge < -0.3 is 24.8 Å². The fourth-order valence-electron chi connectivity index (χ4n) is 1.74. The number of rotatable bonds is 10. The fourth-order valence-corrected chi connectivity index (χ4v) is 1.74. The maximum atomic E-state index is 11.6. The van der Waals surface area contributed by atoms with Crippen LogP contribution in [0.1, 0.15) is 12.5 Å². The van der Waals surface area contributed by atoms with E-state index in [-0.39, 0.29) is 24.9 Å². The second kappa shape index (κ2) is 12.1. The fraction of sp³-hybridized carbons (Fsp3) is 0.533. The maximum Gasteiger partial charge on any atom is 0.234 e. The van der Waals surface area contributed by atoms with E-state index in [4.69, 9.17) is 14.2 Å². The topological polar surface area (TPSA) is 68.8 Å². The predicted octanol–water partition coefficient (Wildman–Crippen LogP) is 1.37. The van der Waals surface area contributed by atoms with Crippen LogP contribution in [-0.4, -0.2) is 46.4 Å². The summed E-state index contributed by atoms with van der Waals surface area (Å²) in [7, 11) is 3.23. The van der Waals surface area contributed by atoms with Gasteiger partial charge in [0.15, 0.2) is 11.5 Å². The zero-order valence-corrected chi connectivity index (χ0v) is 14.1. The molecular weight excluding hydrogens is 308 g/mol. The van der Waals surface area contributed by atoms with Crippen molar-refractivity contribution in [1.82, 2.24) is 10.6 Å². The minimum absolute atomic E-state index is 0. The third-order valence-corrected chi connectivity index (χ3v) is 2.79. The Labute approximate surface area is 137 Å². The van der Waals surface area contributed by atoms with Crippen molar-refractivity contribution in [3.8, 4) is 11.5 Å². The van der Waals surface area contributed by atoms with Crippen LogP contribution in [0, 0.1) is 0 Å². The van der Waals surface area contributed by atoms with Gasteiger partial charge in [0.05, 0.1) is 26.9 Å². The monoisotopic (exact) mass is 332 g/mol. The van der Waals surface area contributed by atoms with Gasteiger partial charge in [-0.2, -0.15) is 0 Å². The van der Waals surface area contributed by atoms with Crippen LogP contribution >= 0.6 is 12.4 Å². The van der Waals surface area contributed by atoms with Gasteiger partial charge >= 0.3 is 0 Å². The SMILES string of the molecule is CCOc1cc(CNC(=O)CNCCOC)ccc1OC.Cl. The van der Waals surface area contributed by atoms with Gasteiger partial charge in [-0.15, -0.1) is 12.4 Å². The first-order valence-electron chi connectivity index (χ1n) is 6.97. The Morgan fingerprint density at radius 2 is 2.00 bits per heavy atom. The Kier molecular flexibility index (Phi) is 11.3. The number of hydrogen-bond donors (Lipinski definition) is 2. The van der Waals surface area contributed by atoms with Gasteiger partial charge in [0.2, 0.25) is 5.91 Å². The number of benzene rings is 1. The third-order valence-electron chi connectivity index (χ3n) is 2.79. The van der Waals surface area contributed by atoms with Crippen LogP contribution in [0.5, 0.6) is 11.5 Å². The van der Waals surface area contributed by atoms with E-state index < -0.39 is 0 Å². The molecule has 1 aromatic rings. The Morgan fingerprint density at radius 3 is 2.64 bits per heavy atom. The normalized spacial score (nSPS) is 9.77. The second-order valence-electron chi connectivity index (χ2n) is 4.36. The molecule has 0 saturated carbocycles. The molecule has 1 amide bonds. The molecule has 126 valence electrons. The number of carbonyl (C=O) groups excluding carboxylic acids is 1. The molecule has 0 spiro atoms. The molecule has 6 nitrogen and oxygen atoms in total. The molecule has 0 fully saturated rings. The van der Waals surface area contributed by atoms with Crippen LogP contribution in [0.3, 0.4) is 0 Å². The summed E-state index contributed by atoms with van der Waals surface area (Å²) in [5, 5.41) is 5.83. The van der Waals surface area contributed by atoms with Crippen LogP contribution in [0.4, 0.5) is 0 Å². The highest BCUT2D eigenvalue weighted by Crippen LogP contribution is 2.27. The number of halogens is 1. The van der Waals surface area contributed by atoms with Gasteiger partial charge in [-0.3, -0.25) is 4.79 Å². The lowest BCUT2D eigenvalue weighted by Crippen LogP contribution is -2.34. The molecule has 0 saturated heterocycles. The minimum Gasteiger partial charge on any atom is -0.493 e. The summed E-state index contributed by atoms with van der Waals surface area (Å²) in [5.41, 5.74) is 0.962. The summed E-state index contributed by atoms with van der Waals surface area (Å²) in [6, 6.07) is 5.62. The standard InChI is InChI=1S/C15H24N2O4.ClH/c1-4-21-14-9-12(5-6-13(14)20-3)10-17-15(18)11-16-7-8-19-2;/h5-6,9,16H,4,7-8,10-11H2,1-3H3,(H,17,18);1H. The van der Waals surface area contributed by atoms with Crippen molar-refractivity contribution in [1.29, 1.82) is 0 Å². The lowest BCUT2D eigenvalue weighted by molar-refractivity contribution is -0.120. The average Bonchev–Trinajstić information content (AvgIpc) is 2.50. The molecule has 0 radical (unpaired) electrons. The van der Waals surface area contributed by atoms with E-state index in [1.165, 1.54) is 0 Å². The number of nitrogens with one attached hydrogen (secondary N) is 2. The smallest absolute Gasteiger partial charge is 0.234 e. The van der Waals surface area contributed by atoms with Gasteiger partial charge in [0.1, 0.15) is 0 Å². The van der Waals surface area contributed by atoms with Gasteiger partial charge in [-0.25, -0.2) is 0 Å². The van der Waals surface area contributed by atoms with Crippen molar-refractivity contribution in [2.75, 3.05) is 40.5 Å². The molecule has 1 aromatic carbocycles. The highest BCUT2D eigenvalue weighted by atomic mass is 35.5. The molecule has 0 bridgehead atoms. The number of ether oxygens (including phenoxy) is 3. The zero-order valence-electron chi connectivity index (χ0n) is 13.3. The summed E-state index contributed by atoms with van der Waals surface area (Å²) in [4.78, 5) is 11.6. The summed E-state index contributed by atoms with van der Waals surface area (Å²) in [5.74, 6) is 1.32. The van der Waals surface area contributed by atoms with Crippen molar-refractivity contribution in [3.05, 3.63) is 23.8 Å². The molecule has 0 atom stereocenters. The van der Waals surface area contributed by atoms with Crippen molar-refractivity contribution in [2.45, 2.75) is 13.5 Å². The van der Waals surface area contributed by atoms with Gasteiger partial charge in [-0.1, -0.05) is 6.07 Å². The van der Waals surface area contributed by atoms with Gasteiger partial charge in [0, 0.05) is 20.2 Å². The van der Waals surface area contributed by atoms with Crippen molar-refractivity contribution >= 4 is 18.3 Å². The first-order valence-corrected chi connectivity index (χ1v) is 6.97. The Balaban J connectivity index is 0.00000441. The molecule has 0 aromatic heterocycles. The highest BCUT2D eigenvalue weighted by Gasteiger charge is 2.06. The van der Waals surface area contributed by atoms with Gasteiger partial charge in [0.25, 0.3) is 0 Å². The highest BCUT2D eigenvalue weighted by molar-refractivity contribution is 5.85. The van der Waals surface area contributed by atoms with E-state index in [0.717, 1.165) is 5.56 Å².